The van der Waals surface area contributed by atoms with Gasteiger partial charge in [0, 0.05) is 19.2 Å². The molecule has 21 heavy (non-hydrogen) atoms. The van der Waals surface area contributed by atoms with E-state index >= 15 is 0 Å². The first-order valence-corrected chi connectivity index (χ1v) is 7.27. The van der Waals surface area contributed by atoms with E-state index < -0.39 is 0 Å². The monoisotopic (exact) mass is 342 g/mol. The number of halogens is 3. The quantitative estimate of drug-likeness (QED) is 0.834. The van der Waals surface area contributed by atoms with Crippen LogP contribution in [0.15, 0.2) is 36.4 Å². The van der Waals surface area contributed by atoms with E-state index in [2.05, 4.69) is 0 Å². The van der Waals surface area contributed by atoms with Crippen molar-refractivity contribution in [2.45, 2.75) is 6.54 Å². The van der Waals surface area contributed by atoms with E-state index in [4.69, 9.17) is 40.5 Å². The van der Waals surface area contributed by atoms with Crippen molar-refractivity contribution in [2.24, 2.45) is 0 Å². The molecule has 2 rings (SSSR count). The van der Waals surface area contributed by atoms with Crippen LogP contribution in [-0.4, -0.2) is 17.9 Å². The minimum atomic E-state index is -0.172. The molecule has 0 aliphatic carbocycles. The summed E-state index contributed by atoms with van der Waals surface area (Å²) in [6.45, 7) is 0.348. The highest BCUT2D eigenvalue weighted by Crippen LogP contribution is 2.27. The zero-order valence-electron chi connectivity index (χ0n) is 11.2. The first kappa shape index (κ1) is 16.0. The predicted octanol–water partition coefficient (Wildman–Crippen LogP) is 4.50. The lowest BCUT2D eigenvalue weighted by Gasteiger charge is -2.18. The number of nitrogens with two attached hydrogens (primary N) is 1. The van der Waals surface area contributed by atoms with Gasteiger partial charge in [0.15, 0.2) is 0 Å². The molecular formula is C15H13Cl3N2O. The summed E-state index contributed by atoms with van der Waals surface area (Å²) in [6, 6.07) is 10.1. The van der Waals surface area contributed by atoms with E-state index in [1.165, 1.54) is 0 Å². The summed E-state index contributed by atoms with van der Waals surface area (Å²) in [4.78, 5) is 13.9. The number of nitrogen functional groups attached to an aromatic ring is 1. The maximum Gasteiger partial charge on any atom is 0.253 e. The van der Waals surface area contributed by atoms with Gasteiger partial charge in [0.05, 0.1) is 20.8 Å². The predicted molar refractivity (Wildman–Crippen MR) is 88.1 cm³/mol. The Kier molecular flexibility index (Phi) is 4.99. The molecule has 0 heterocycles. The number of anilines is 1. The van der Waals surface area contributed by atoms with Crippen LogP contribution in [0.3, 0.4) is 0 Å². The van der Waals surface area contributed by atoms with Gasteiger partial charge in [-0.2, -0.15) is 0 Å². The zero-order valence-corrected chi connectivity index (χ0v) is 13.5. The van der Waals surface area contributed by atoms with Crippen molar-refractivity contribution in [3.05, 3.63) is 62.6 Å². The van der Waals surface area contributed by atoms with Gasteiger partial charge in [-0.25, -0.2) is 0 Å². The summed E-state index contributed by atoms with van der Waals surface area (Å²) < 4.78 is 0. The van der Waals surface area contributed by atoms with Crippen LogP contribution >= 0.6 is 34.8 Å². The number of rotatable bonds is 3. The fourth-order valence-electron chi connectivity index (χ4n) is 1.90. The standard InChI is InChI=1S/C15H13Cl3N2O/c1-20(8-10-3-2-4-12(17)14(10)18)15(21)9-5-6-11(16)13(19)7-9/h2-7H,8,19H2,1H3. The van der Waals surface area contributed by atoms with Gasteiger partial charge >= 0.3 is 0 Å². The van der Waals surface area contributed by atoms with Gasteiger partial charge in [-0.1, -0.05) is 46.9 Å². The number of carbonyl (C=O) groups excluding carboxylic acids is 1. The number of amides is 1. The van der Waals surface area contributed by atoms with E-state index in [9.17, 15) is 4.79 Å². The molecule has 2 aromatic carbocycles. The number of hydrogen-bond donors (Lipinski definition) is 1. The molecule has 1 amide bonds. The van der Waals surface area contributed by atoms with Gasteiger partial charge < -0.3 is 10.6 Å². The maximum absolute atomic E-state index is 12.4. The zero-order chi connectivity index (χ0) is 15.6. The van der Waals surface area contributed by atoms with Gasteiger partial charge in [-0.05, 0) is 29.8 Å². The summed E-state index contributed by atoms with van der Waals surface area (Å²) >= 11 is 17.9. The van der Waals surface area contributed by atoms with Crippen molar-refractivity contribution < 1.29 is 4.79 Å². The molecule has 0 aliphatic rings. The molecule has 0 saturated carbocycles. The smallest absolute Gasteiger partial charge is 0.253 e. The Labute approximate surface area is 138 Å². The van der Waals surface area contributed by atoms with Crippen LogP contribution in [0.1, 0.15) is 15.9 Å². The van der Waals surface area contributed by atoms with Crippen LogP contribution in [0.5, 0.6) is 0 Å². The van der Waals surface area contributed by atoms with Crippen LogP contribution in [0.4, 0.5) is 5.69 Å². The second kappa shape index (κ2) is 6.56. The molecule has 0 spiro atoms. The molecule has 0 bridgehead atoms. The number of hydrogen-bond acceptors (Lipinski definition) is 2. The van der Waals surface area contributed by atoms with Crippen LogP contribution in [0.25, 0.3) is 0 Å². The minimum absolute atomic E-state index is 0.172. The molecule has 0 aliphatic heterocycles. The lowest BCUT2D eigenvalue weighted by molar-refractivity contribution is 0.0785. The third-order valence-electron chi connectivity index (χ3n) is 3.03. The lowest BCUT2D eigenvalue weighted by atomic mass is 10.1. The fourth-order valence-corrected chi connectivity index (χ4v) is 2.39. The lowest BCUT2D eigenvalue weighted by Crippen LogP contribution is -2.26. The molecule has 0 fully saturated rings. The summed E-state index contributed by atoms with van der Waals surface area (Å²) in [6.07, 6.45) is 0. The van der Waals surface area contributed by atoms with E-state index in [0.717, 1.165) is 5.56 Å². The highest BCUT2D eigenvalue weighted by atomic mass is 35.5. The van der Waals surface area contributed by atoms with E-state index in [1.807, 2.05) is 6.07 Å². The van der Waals surface area contributed by atoms with Crippen LogP contribution in [0, 0.1) is 0 Å². The summed E-state index contributed by atoms with van der Waals surface area (Å²) in [5.74, 6) is -0.172. The normalized spacial score (nSPS) is 10.5. The summed E-state index contributed by atoms with van der Waals surface area (Å²) in [7, 11) is 1.68. The minimum Gasteiger partial charge on any atom is -0.398 e. The molecule has 2 aromatic rings. The molecule has 110 valence electrons. The summed E-state index contributed by atoms with van der Waals surface area (Å²) in [5.41, 5.74) is 7.34. The molecule has 3 nitrogen and oxygen atoms in total. The van der Waals surface area contributed by atoms with E-state index in [-0.39, 0.29) is 5.91 Å². The fraction of sp³-hybridized carbons (Fsp3) is 0.133. The van der Waals surface area contributed by atoms with Crippen molar-refractivity contribution in [1.82, 2.24) is 4.90 Å². The Hall–Kier alpha value is -1.42. The van der Waals surface area contributed by atoms with Gasteiger partial charge in [-0.3, -0.25) is 4.79 Å². The Morgan fingerprint density at radius 1 is 1.14 bits per heavy atom. The maximum atomic E-state index is 12.4. The van der Waals surface area contributed by atoms with Crippen molar-refractivity contribution in [3.8, 4) is 0 Å². The highest BCUT2D eigenvalue weighted by Gasteiger charge is 2.15. The van der Waals surface area contributed by atoms with Crippen molar-refractivity contribution >= 4 is 46.4 Å². The third-order valence-corrected chi connectivity index (χ3v) is 4.23. The third kappa shape index (κ3) is 3.62. The Morgan fingerprint density at radius 2 is 1.86 bits per heavy atom. The van der Waals surface area contributed by atoms with Crippen molar-refractivity contribution in [2.75, 3.05) is 12.8 Å². The summed E-state index contributed by atoms with van der Waals surface area (Å²) in [5, 5.41) is 1.34. The van der Waals surface area contributed by atoms with Gasteiger partial charge in [-0.15, -0.1) is 0 Å². The molecule has 6 heteroatoms. The van der Waals surface area contributed by atoms with E-state index in [1.54, 1.807) is 42.3 Å². The Bertz CT molecular complexity index is 689. The highest BCUT2D eigenvalue weighted by molar-refractivity contribution is 6.42. The molecule has 0 radical (unpaired) electrons. The second-order valence-electron chi connectivity index (χ2n) is 4.61. The second-order valence-corrected chi connectivity index (χ2v) is 5.80. The number of nitrogens with zero attached hydrogens (tertiary/aromatic N) is 1. The van der Waals surface area contributed by atoms with Crippen molar-refractivity contribution in [3.63, 3.8) is 0 Å². The van der Waals surface area contributed by atoms with Crippen LogP contribution in [-0.2, 0) is 6.54 Å². The SMILES string of the molecule is CN(Cc1cccc(Cl)c1Cl)C(=O)c1ccc(Cl)c(N)c1. The molecule has 2 N–H and O–H groups in total. The molecule has 0 saturated heterocycles. The average molecular weight is 344 g/mol. The average Bonchev–Trinajstić information content (AvgIpc) is 2.46. The molecule has 0 aromatic heterocycles. The Balaban J connectivity index is 2.19. The topological polar surface area (TPSA) is 46.3 Å². The van der Waals surface area contributed by atoms with Crippen molar-refractivity contribution in [1.29, 1.82) is 0 Å². The number of carbonyl (C=O) groups is 1. The van der Waals surface area contributed by atoms with Gasteiger partial charge in [0.1, 0.15) is 0 Å². The van der Waals surface area contributed by atoms with Crippen LogP contribution in [0.2, 0.25) is 15.1 Å². The van der Waals surface area contributed by atoms with E-state index in [0.29, 0.717) is 32.9 Å². The Morgan fingerprint density at radius 3 is 2.52 bits per heavy atom. The number of benzene rings is 2. The largest absolute Gasteiger partial charge is 0.398 e. The van der Waals surface area contributed by atoms with Gasteiger partial charge in [0.2, 0.25) is 0 Å². The molecule has 0 atom stereocenters. The van der Waals surface area contributed by atoms with Gasteiger partial charge in [0.25, 0.3) is 5.91 Å². The van der Waals surface area contributed by atoms with Crippen LogP contribution < -0.4 is 5.73 Å². The first-order valence-electron chi connectivity index (χ1n) is 6.13. The molecular weight excluding hydrogens is 331 g/mol. The molecule has 0 unspecified atom stereocenters. The first-order chi connectivity index (χ1) is 9.90.